The normalized spacial score (nSPS) is 14.8. The van der Waals surface area contributed by atoms with Crippen molar-refractivity contribution in [2.24, 2.45) is 0 Å². The molecule has 0 radical (unpaired) electrons. The number of methoxy groups -OCH3 is 1. The van der Waals surface area contributed by atoms with E-state index in [4.69, 9.17) is 17.0 Å². The van der Waals surface area contributed by atoms with Gasteiger partial charge in [-0.1, -0.05) is 62.4 Å². The van der Waals surface area contributed by atoms with E-state index in [1.807, 2.05) is 41.0 Å². The molecule has 0 spiro atoms. The Morgan fingerprint density at radius 3 is 2.46 bits per heavy atom. The zero-order valence-corrected chi connectivity index (χ0v) is 20.8. The monoisotopic (exact) mass is 481 g/mol. The van der Waals surface area contributed by atoms with Crippen molar-refractivity contribution in [1.82, 2.24) is 14.1 Å². The minimum absolute atomic E-state index is 0.196. The highest BCUT2D eigenvalue weighted by Crippen LogP contribution is 2.44. The highest BCUT2D eigenvalue weighted by atomic mass is 32.1. The average molecular weight is 482 g/mol. The third-order valence-electron chi connectivity index (χ3n) is 7.11. The zero-order valence-electron chi connectivity index (χ0n) is 19.9. The van der Waals surface area contributed by atoms with Crippen LogP contribution in [0.5, 0.6) is 11.6 Å². The lowest BCUT2D eigenvalue weighted by Crippen LogP contribution is -2.21. The smallest absolute Gasteiger partial charge is 0.218 e. The fourth-order valence-corrected chi connectivity index (χ4v) is 5.82. The van der Waals surface area contributed by atoms with Crippen molar-refractivity contribution in [3.63, 3.8) is 0 Å². The molecule has 3 heterocycles. The molecule has 0 bridgehead atoms. The molecule has 0 saturated carbocycles. The summed E-state index contributed by atoms with van der Waals surface area (Å²) in [7, 11) is 1.67. The van der Waals surface area contributed by atoms with E-state index in [1.165, 1.54) is 10.9 Å². The average Bonchev–Trinajstić information content (AvgIpc) is 3.37. The predicted molar refractivity (Wildman–Crippen MR) is 142 cm³/mol. The van der Waals surface area contributed by atoms with Crippen LogP contribution in [0, 0.1) is 4.77 Å². The first kappa shape index (κ1) is 21.7. The molecule has 5 aromatic rings. The summed E-state index contributed by atoms with van der Waals surface area (Å²) in [6.07, 6.45) is 0.596. The Kier molecular flexibility index (Phi) is 5.07. The standard InChI is InChI=1S/C29H27N3O2S/c1-17(2)20-8-5-7-11-24(20)32-28(33)25-16-22-21-9-4-6-10-23(21)30-26(22)27(31(25)29(32)35)18-12-14-19(34-3)15-13-18/h4-15,17,27,30,33H,16H2,1-3H3. The molecule has 0 fully saturated rings. The number of fused-ring (bicyclic) bond motifs is 4. The number of benzene rings is 3. The van der Waals surface area contributed by atoms with E-state index in [2.05, 4.69) is 59.8 Å². The number of H-pyrrole nitrogens is 1. The van der Waals surface area contributed by atoms with Gasteiger partial charge in [0.2, 0.25) is 5.88 Å². The number of aromatic hydroxyl groups is 1. The van der Waals surface area contributed by atoms with Crippen LogP contribution in [0.15, 0.2) is 72.8 Å². The minimum atomic E-state index is -0.196. The highest BCUT2D eigenvalue weighted by molar-refractivity contribution is 7.71. The van der Waals surface area contributed by atoms with Gasteiger partial charge < -0.3 is 19.4 Å². The Bertz CT molecular complexity index is 1620. The van der Waals surface area contributed by atoms with Crippen LogP contribution < -0.4 is 4.74 Å². The summed E-state index contributed by atoms with van der Waals surface area (Å²) < 4.78 is 9.93. The SMILES string of the molecule is COc1ccc(C2c3[nH]c4ccccc4c3Cc3c(O)n(-c4ccccc4C(C)C)c(=S)n32)cc1. The maximum atomic E-state index is 11.6. The molecule has 1 aliphatic rings. The van der Waals surface area contributed by atoms with Crippen LogP contribution in [-0.2, 0) is 6.42 Å². The first-order valence-corrected chi connectivity index (χ1v) is 12.3. The number of imidazole rings is 1. The van der Waals surface area contributed by atoms with E-state index in [0.29, 0.717) is 17.1 Å². The Balaban J connectivity index is 1.65. The Morgan fingerprint density at radius 2 is 1.71 bits per heavy atom. The topological polar surface area (TPSA) is 55.1 Å². The maximum Gasteiger partial charge on any atom is 0.218 e. The third-order valence-corrected chi connectivity index (χ3v) is 7.49. The lowest BCUT2D eigenvalue weighted by Gasteiger charge is -2.26. The molecule has 2 N–H and O–H groups in total. The number of nitrogens with one attached hydrogen (secondary N) is 1. The van der Waals surface area contributed by atoms with Gasteiger partial charge in [0.25, 0.3) is 0 Å². The summed E-state index contributed by atoms with van der Waals surface area (Å²) in [6.45, 7) is 4.32. The van der Waals surface area contributed by atoms with E-state index < -0.39 is 0 Å². The van der Waals surface area contributed by atoms with E-state index >= 15 is 0 Å². The van der Waals surface area contributed by atoms with Crippen LogP contribution >= 0.6 is 12.2 Å². The minimum Gasteiger partial charge on any atom is -0.497 e. The van der Waals surface area contributed by atoms with Crippen LogP contribution in [0.25, 0.3) is 16.6 Å². The summed E-state index contributed by atoms with van der Waals surface area (Å²) >= 11 is 6.09. The number of para-hydroxylation sites is 2. The van der Waals surface area contributed by atoms with Gasteiger partial charge in [-0.3, -0.25) is 4.57 Å². The van der Waals surface area contributed by atoms with Crippen molar-refractivity contribution < 1.29 is 9.84 Å². The van der Waals surface area contributed by atoms with E-state index in [9.17, 15) is 5.11 Å². The second-order valence-corrected chi connectivity index (χ2v) is 9.75. The molecule has 35 heavy (non-hydrogen) atoms. The van der Waals surface area contributed by atoms with Crippen LogP contribution in [0.4, 0.5) is 0 Å². The Hall–Kier alpha value is -3.77. The molecular formula is C29H27N3O2S. The van der Waals surface area contributed by atoms with Crippen LogP contribution in [0.3, 0.4) is 0 Å². The first-order chi connectivity index (χ1) is 17.0. The van der Waals surface area contributed by atoms with E-state index in [0.717, 1.165) is 39.5 Å². The summed E-state index contributed by atoms with van der Waals surface area (Å²) in [5.74, 6) is 1.30. The molecule has 0 amide bonds. The van der Waals surface area contributed by atoms with Gasteiger partial charge in [0, 0.05) is 23.0 Å². The van der Waals surface area contributed by atoms with Gasteiger partial charge in [0.1, 0.15) is 11.8 Å². The lowest BCUT2D eigenvalue weighted by atomic mass is 9.93. The first-order valence-electron chi connectivity index (χ1n) is 11.9. The van der Waals surface area contributed by atoms with E-state index in [1.54, 1.807) is 7.11 Å². The maximum absolute atomic E-state index is 11.6. The molecule has 176 valence electrons. The predicted octanol–water partition coefficient (Wildman–Crippen LogP) is 6.87. The van der Waals surface area contributed by atoms with Crippen LogP contribution in [0.1, 0.15) is 53.9 Å². The molecule has 6 heteroatoms. The number of aromatic nitrogens is 3. The molecular weight excluding hydrogens is 454 g/mol. The van der Waals surface area contributed by atoms with Gasteiger partial charge in [-0.05, 0) is 59.1 Å². The van der Waals surface area contributed by atoms with Crippen LogP contribution in [-0.4, -0.2) is 26.3 Å². The van der Waals surface area contributed by atoms with Gasteiger partial charge in [-0.15, -0.1) is 0 Å². The van der Waals surface area contributed by atoms with E-state index in [-0.39, 0.29) is 11.9 Å². The number of hydrogen-bond acceptors (Lipinski definition) is 3. The number of aromatic amines is 1. The highest BCUT2D eigenvalue weighted by Gasteiger charge is 2.35. The fourth-order valence-electron chi connectivity index (χ4n) is 5.42. The van der Waals surface area contributed by atoms with Gasteiger partial charge in [-0.2, -0.15) is 0 Å². The number of nitrogens with zero attached hydrogens (tertiary/aromatic N) is 2. The lowest BCUT2D eigenvalue weighted by molar-refractivity contribution is 0.414. The number of rotatable bonds is 4. The molecule has 5 nitrogen and oxygen atoms in total. The van der Waals surface area contributed by atoms with Crippen molar-refractivity contribution in [1.29, 1.82) is 0 Å². The van der Waals surface area contributed by atoms with Crippen molar-refractivity contribution >= 4 is 23.1 Å². The molecule has 1 aliphatic heterocycles. The van der Waals surface area contributed by atoms with Gasteiger partial charge >= 0.3 is 0 Å². The van der Waals surface area contributed by atoms with Gasteiger partial charge in [0.15, 0.2) is 4.77 Å². The molecule has 1 atom stereocenters. The summed E-state index contributed by atoms with van der Waals surface area (Å²) in [5.41, 5.74) is 7.36. The van der Waals surface area contributed by atoms with Crippen molar-refractivity contribution in [3.8, 4) is 17.3 Å². The van der Waals surface area contributed by atoms with Crippen molar-refractivity contribution in [2.75, 3.05) is 7.11 Å². The second-order valence-electron chi connectivity index (χ2n) is 9.39. The molecule has 2 aromatic heterocycles. The second kappa shape index (κ2) is 8.17. The Morgan fingerprint density at radius 1 is 1.00 bits per heavy atom. The quantitative estimate of drug-likeness (QED) is 0.270. The van der Waals surface area contributed by atoms with Gasteiger partial charge in [0.05, 0.1) is 18.5 Å². The fraction of sp³-hybridized carbons (Fsp3) is 0.207. The molecule has 6 rings (SSSR count). The summed E-state index contributed by atoms with van der Waals surface area (Å²) in [5, 5.41) is 12.8. The zero-order chi connectivity index (χ0) is 24.3. The van der Waals surface area contributed by atoms with Crippen molar-refractivity contribution in [3.05, 3.63) is 106 Å². The summed E-state index contributed by atoms with van der Waals surface area (Å²) in [4.78, 5) is 3.67. The molecule has 1 unspecified atom stereocenters. The van der Waals surface area contributed by atoms with Gasteiger partial charge in [-0.25, -0.2) is 0 Å². The molecule has 3 aromatic carbocycles. The molecule has 0 saturated heterocycles. The molecule has 0 aliphatic carbocycles. The largest absolute Gasteiger partial charge is 0.497 e. The Labute approximate surface area is 209 Å². The number of ether oxygens (including phenoxy) is 1. The van der Waals surface area contributed by atoms with Crippen LogP contribution in [0.2, 0.25) is 0 Å². The number of hydrogen-bond donors (Lipinski definition) is 2. The van der Waals surface area contributed by atoms with Crippen molar-refractivity contribution in [2.45, 2.75) is 32.2 Å². The summed E-state index contributed by atoms with van der Waals surface area (Å²) in [6, 6.07) is 24.4. The third kappa shape index (κ3) is 3.24.